The lowest BCUT2D eigenvalue weighted by Gasteiger charge is -2.36. The second-order valence-electron chi connectivity index (χ2n) is 6.44. The number of amides is 1. The largest absolute Gasteiger partial charge is 0.315 e. The van der Waals surface area contributed by atoms with Crippen LogP contribution in [-0.4, -0.2) is 29.0 Å². The van der Waals surface area contributed by atoms with Gasteiger partial charge in [0.2, 0.25) is 5.91 Å². The minimum Gasteiger partial charge on any atom is -0.315 e. The van der Waals surface area contributed by atoms with Gasteiger partial charge in [0.05, 0.1) is 11.1 Å². The van der Waals surface area contributed by atoms with Crippen LogP contribution in [0.15, 0.2) is 29.8 Å². The summed E-state index contributed by atoms with van der Waals surface area (Å²) in [5, 5.41) is 9.09. The van der Waals surface area contributed by atoms with Crippen molar-refractivity contribution in [3.05, 3.63) is 29.8 Å². The van der Waals surface area contributed by atoms with E-state index >= 15 is 0 Å². The van der Waals surface area contributed by atoms with Gasteiger partial charge in [-0.3, -0.25) is 9.78 Å². The third kappa shape index (κ3) is 3.82. The molecule has 2 fully saturated rings. The third-order valence-electron chi connectivity index (χ3n) is 5.14. The first-order valence-corrected chi connectivity index (χ1v) is 9.05. The molecule has 0 aromatic carbocycles. The molecule has 1 amide bonds. The molecule has 2 aromatic heterocycles. The molecular formula is C17H22Cl2N4OS. The number of halogens is 2. The lowest BCUT2D eigenvalue weighted by atomic mass is 9.68. The molecule has 2 N–H and O–H groups in total. The average molecular weight is 401 g/mol. The maximum absolute atomic E-state index is 12.9. The fraction of sp³-hybridized carbons (Fsp3) is 0.471. The average Bonchev–Trinajstić information content (AvgIpc) is 3.23. The molecule has 25 heavy (non-hydrogen) atoms. The summed E-state index contributed by atoms with van der Waals surface area (Å²) in [4.78, 5) is 21.8. The van der Waals surface area contributed by atoms with Crippen LogP contribution in [0.2, 0.25) is 0 Å². The Labute approximate surface area is 163 Å². The Balaban J connectivity index is 0.00000113. The quantitative estimate of drug-likeness (QED) is 0.822. The molecule has 2 aromatic rings. The number of aromatic nitrogens is 2. The monoisotopic (exact) mass is 400 g/mol. The fourth-order valence-corrected chi connectivity index (χ4v) is 4.57. The lowest BCUT2D eigenvalue weighted by Crippen LogP contribution is -2.44. The molecule has 2 aliphatic rings. The Kier molecular flexibility index (Phi) is 6.79. The van der Waals surface area contributed by atoms with Crippen LogP contribution in [0.5, 0.6) is 0 Å². The second-order valence-corrected chi connectivity index (χ2v) is 7.29. The highest BCUT2D eigenvalue weighted by Gasteiger charge is 2.49. The standard InChI is InChI=1S/C17H20N4OS.2ClH/c22-15(17-7-3-1-5-12(17)9-18-11-17)21-16-20-14(10-23-16)13-6-2-4-8-19-13;;/h2,4,6,8,10,12,18H,1,3,5,7,9,11H2,(H,20,21,22);2*1H/t12-,17+;;/m0../s1. The van der Waals surface area contributed by atoms with E-state index in [0.717, 1.165) is 43.7 Å². The predicted octanol–water partition coefficient (Wildman–Crippen LogP) is 3.77. The molecule has 8 heteroatoms. The highest BCUT2D eigenvalue weighted by Crippen LogP contribution is 2.44. The van der Waals surface area contributed by atoms with Gasteiger partial charge in [0.15, 0.2) is 5.13 Å². The molecule has 2 atom stereocenters. The van der Waals surface area contributed by atoms with E-state index in [-0.39, 0.29) is 36.1 Å². The SMILES string of the molecule is Cl.Cl.O=C(Nc1nc(-c2ccccn2)cs1)[C@@]12CCCC[C@H]1CNC2. The van der Waals surface area contributed by atoms with Gasteiger partial charge in [0.25, 0.3) is 0 Å². The van der Waals surface area contributed by atoms with Crippen molar-refractivity contribution in [3.8, 4) is 11.4 Å². The number of thiazole rings is 1. The first-order chi connectivity index (χ1) is 11.3. The number of pyridine rings is 1. The first-order valence-electron chi connectivity index (χ1n) is 8.17. The van der Waals surface area contributed by atoms with Gasteiger partial charge < -0.3 is 10.6 Å². The van der Waals surface area contributed by atoms with Gasteiger partial charge in [0.1, 0.15) is 5.69 Å². The van der Waals surface area contributed by atoms with Crippen molar-refractivity contribution in [1.82, 2.24) is 15.3 Å². The lowest BCUT2D eigenvalue weighted by molar-refractivity contribution is -0.128. The zero-order valence-corrected chi connectivity index (χ0v) is 16.2. The third-order valence-corrected chi connectivity index (χ3v) is 5.90. The van der Waals surface area contributed by atoms with E-state index in [0.29, 0.717) is 11.0 Å². The van der Waals surface area contributed by atoms with Crippen molar-refractivity contribution < 1.29 is 4.79 Å². The number of anilines is 1. The molecule has 0 unspecified atom stereocenters. The topological polar surface area (TPSA) is 66.9 Å². The summed E-state index contributed by atoms with van der Waals surface area (Å²) >= 11 is 1.46. The van der Waals surface area contributed by atoms with Crippen LogP contribution in [0.25, 0.3) is 11.4 Å². The highest BCUT2D eigenvalue weighted by atomic mass is 35.5. The van der Waals surface area contributed by atoms with Crippen LogP contribution in [-0.2, 0) is 4.79 Å². The zero-order chi connectivity index (χ0) is 15.7. The minimum atomic E-state index is -0.241. The number of carbonyl (C=O) groups is 1. The number of carbonyl (C=O) groups excluding carboxylic acids is 1. The van der Waals surface area contributed by atoms with Gasteiger partial charge in [-0.05, 0) is 37.4 Å². The molecule has 1 saturated carbocycles. The van der Waals surface area contributed by atoms with E-state index in [1.807, 2.05) is 23.6 Å². The first kappa shape index (κ1) is 20.1. The van der Waals surface area contributed by atoms with Gasteiger partial charge in [-0.1, -0.05) is 18.9 Å². The molecule has 1 aliphatic carbocycles. The Morgan fingerprint density at radius 3 is 2.96 bits per heavy atom. The summed E-state index contributed by atoms with van der Waals surface area (Å²) in [6.07, 6.45) is 6.26. The van der Waals surface area contributed by atoms with E-state index in [2.05, 4.69) is 20.6 Å². The molecular weight excluding hydrogens is 379 g/mol. The van der Waals surface area contributed by atoms with Gasteiger partial charge in [-0.25, -0.2) is 4.98 Å². The van der Waals surface area contributed by atoms with Crippen LogP contribution in [0.4, 0.5) is 5.13 Å². The van der Waals surface area contributed by atoms with Crippen LogP contribution < -0.4 is 10.6 Å². The fourth-order valence-electron chi connectivity index (χ4n) is 3.88. The predicted molar refractivity (Wildman–Crippen MR) is 106 cm³/mol. The molecule has 0 bridgehead atoms. The van der Waals surface area contributed by atoms with E-state index in [1.54, 1.807) is 6.20 Å². The van der Waals surface area contributed by atoms with Crippen molar-refractivity contribution in [3.63, 3.8) is 0 Å². The number of nitrogens with zero attached hydrogens (tertiary/aromatic N) is 2. The molecule has 3 heterocycles. The zero-order valence-electron chi connectivity index (χ0n) is 13.7. The smallest absolute Gasteiger partial charge is 0.233 e. The van der Waals surface area contributed by atoms with Crippen molar-refractivity contribution in [2.75, 3.05) is 18.4 Å². The number of nitrogens with one attached hydrogen (secondary N) is 2. The minimum absolute atomic E-state index is 0. The van der Waals surface area contributed by atoms with E-state index in [9.17, 15) is 4.79 Å². The van der Waals surface area contributed by atoms with Crippen molar-refractivity contribution >= 4 is 47.2 Å². The van der Waals surface area contributed by atoms with E-state index in [4.69, 9.17) is 0 Å². The molecule has 5 nitrogen and oxygen atoms in total. The molecule has 0 spiro atoms. The van der Waals surface area contributed by atoms with Crippen molar-refractivity contribution in [2.24, 2.45) is 11.3 Å². The Bertz CT molecular complexity index is 712. The summed E-state index contributed by atoms with van der Waals surface area (Å²) in [5.74, 6) is 0.598. The van der Waals surface area contributed by atoms with Gasteiger partial charge in [-0.2, -0.15) is 0 Å². The van der Waals surface area contributed by atoms with Crippen LogP contribution >= 0.6 is 36.2 Å². The van der Waals surface area contributed by atoms with Crippen molar-refractivity contribution in [1.29, 1.82) is 0 Å². The molecule has 4 rings (SSSR count). The molecule has 0 radical (unpaired) electrons. The van der Waals surface area contributed by atoms with Crippen molar-refractivity contribution in [2.45, 2.75) is 25.7 Å². The molecule has 136 valence electrons. The van der Waals surface area contributed by atoms with E-state index in [1.165, 1.54) is 17.8 Å². The Morgan fingerprint density at radius 2 is 2.16 bits per heavy atom. The summed E-state index contributed by atoms with van der Waals surface area (Å²) in [6.45, 7) is 1.76. The van der Waals surface area contributed by atoms with Crippen LogP contribution in [0.1, 0.15) is 25.7 Å². The van der Waals surface area contributed by atoms with Crippen LogP contribution in [0.3, 0.4) is 0 Å². The number of fused-ring (bicyclic) bond motifs is 1. The van der Waals surface area contributed by atoms with Gasteiger partial charge in [-0.15, -0.1) is 36.2 Å². The summed E-state index contributed by atoms with van der Waals surface area (Å²) in [6, 6.07) is 5.75. The Hall–Kier alpha value is -1.21. The molecule has 1 saturated heterocycles. The second kappa shape index (κ2) is 8.45. The van der Waals surface area contributed by atoms with Gasteiger partial charge in [0, 0.05) is 18.1 Å². The number of hydrogen-bond donors (Lipinski definition) is 2. The number of hydrogen-bond acceptors (Lipinski definition) is 5. The number of rotatable bonds is 3. The normalized spacial score (nSPS) is 24.6. The maximum Gasteiger partial charge on any atom is 0.233 e. The summed E-state index contributed by atoms with van der Waals surface area (Å²) in [5.41, 5.74) is 1.41. The van der Waals surface area contributed by atoms with Gasteiger partial charge >= 0.3 is 0 Å². The Morgan fingerprint density at radius 1 is 1.28 bits per heavy atom. The highest BCUT2D eigenvalue weighted by molar-refractivity contribution is 7.14. The van der Waals surface area contributed by atoms with E-state index < -0.39 is 0 Å². The molecule has 1 aliphatic heterocycles. The summed E-state index contributed by atoms with van der Waals surface area (Å²) < 4.78 is 0. The maximum atomic E-state index is 12.9. The van der Waals surface area contributed by atoms with Crippen LogP contribution in [0, 0.1) is 11.3 Å². The summed E-state index contributed by atoms with van der Waals surface area (Å²) in [7, 11) is 0.